The quantitative estimate of drug-likeness (QED) is 0.577. The molecule has 23 heavy (non-hydrogen) atoms. The van der Waals surface area contributed by atoms with E-state index in [1.54, 1.807) is 25.6 Å². The van der Waals surface area contributed by atoms with Gasteiger partial charge in [-0.2, -0.15) is 11.8 Å². The highest BCUT2D eigenvalue weighted by molar-refractivity contribution is 7.99. The van der Waals surface area contributed by atoms with Crippen LogP contribution >= 0.6 is 11.8 Å². The van der Waals surface area contributed by atoms with E-state index in [4.69, 9.17) is 9.84 Å². The summed E-state index contributed by atoms with van der Waals surface area (Å²) >= 11 is 1.59. The first kappa shape index (κ1) is 20.2. The number of aliphatic carboxylic acids is 1. The fourth-order valence-corrected chi connectivity index (χ4v) is 3.96. The van der Waals surface area contributed by atoms with Gasteiger partial charge in [-0.05, 0) is 13.8 Å². The van der Waals surface area contributed by atoms with Crippen LogP contribution in [-0.2, 0) is 24.3 Å². The monoisotopic (exact) mass is 368 g/mol. The number of thioether (sulfide) groups is 1. The molecular weight excluding hydrogens is 344 g/mol. The second-order valence-corrected chi connectivity index (χ2v) is 8.55. The molecule has 1 amide bonds. The van der Waals surface area contributed by atoms with Gasteiger partial charge in [0.1, 0.15) is 0 Å². The number of hydrogen-bond donors (Lipinski definition) is 2. The molecule has 1 atom stereocenters. The Bertz CT molecular complexity index is 509. The Balaban J connectivity index is 2.48. The summed E-state index contributed by atoms with van der Waals surface area (Å²) in [6, 6.07) is -0.396. The van der Waals surface area contributed by atoms with Gasteiger partial charge in [0.15, 0.2) is 0 Å². The summed E-state index contributed by atoms with van der Waals surface area (Å²) in [7, 11) is -3.60. The summed E-state index contributed by atoms with van der Waals surface area (Å²) in [5, 5.41) is 8.89. The maximum atomic E-state index is 12.2. The van der Waals surface area contributed by atoms with E-state index in [0.717, 1.165) is 5.75 Å². The number of nitrogens with one attached hydrogen (secondary N) is 1. The molecule has 0 aromatic heterocycles. The third kappa shape index (κ3) is 8.00. The maximum Gasteiger partial charge on any atom is 0.305 e. The number of carbonyl (C=O) groups excluding carboxylic acids is 1. The van der Waals surface area contributed by atoms with Crippen LogP contribution in [0.2, 0.25) is 0 Å². The van der Waals surface area contributed by atoms with E-state index in [9.17, 15) is 18.0 Å². The van der Waals surface area contributed by atoms with E-state index in [1.165, 1.54) is 4.90 Å². The van der Waals surface area contributed by atoms with E-state index in [-0.39, 0.29) is 31.4 Å². The molecule has 0 aliphatic carbocycles. The molecule has 8 nitrogen and oxygen atoms in total. The molecule has 2 N–H and O–H groups in total. The van der Waals surface area contributed by atoms with Crippen molar-refractivity contribution in [2.24, 2.45) is 0 Å². The van der Waals surface area contributed by atoms with E-state index in [0.29, 0.717) is 12.3 Å². The Morgan fingerprint density at radius 2 is 2.13 bits per heavy atom. The van der Waals surface area contributed by atoms with Gasteiger partial charge in [0.05, 0.1) is 37.5 Å². The average Bonchev–Trinajstić information content (AvgIpc) is 2.44. The predicted octanol–water partition coefficient (Wildman–Crippen LogP) is -0.250. The van der Waals surface area contributed by atoms with Crippen molar-refractivity contribution in [1.29, 1.82) is 0 Å². The maximum absolute atomic E-state index is 12.2. The number of sulfonamides is 1. The van der Waals surface area contributed by atoms with Crippen molar-refractivity contribution in [3.05, 3.63) is 0 Å². The molecule has 1 aliphatic rings. The number of rotatable bonds is 9. The van der Waals surface area contributed by atoms with Crippen molar-refractivity contribution in [1.82, 2.24) is 9.62 Å². The summed E-state index contributed by atoms with van der Waals surface area (Å²) in [6.45, 7) is 3.74. The molecule has 1 rings (SSSR count). The number of amides is 1. The Labute approximate surface area is 141 Å². The van der Waals surface area contributed by atoms with Crippen LogP contribution in [0.15, 0.2) is 0 Å². The first-order valence-corrected chi connectivity index (χ1v) is 10.2. The molecule has 1 saturated heterocycles. The fourth-order valence-electron chi connectivity index (χ4n) is 2.09. The van der Waals surface area contributed by atoms with Gasteiger partial charge in [-0.1, -0.05) is 0 Å². The molecule has 0 aromatic rings. The highest BCUT2D eigenvalue weighted by Gasteiger charge is 2.29. The van der Waals surface area contributed by atoms with Gasteiger partial charge >= 0.3 is 5.97 Å². The van der Waals surface area contributed by atoms with Gasteiger partial charge in [-0.25, -0.2) is 13.1 Å². The molecular formula is C13H24N2O6S2. The first-order valence-electron chi connectivity index (χ1n) is 7.39. The van der Waals surface area contributed by atoms with Crippen molar-refractivity contribution in [2.45, 2.75) is 32.4 Å². The molecule has 1 aliphatic heterocycles. The smallest absolute Gasteiger partial charge is 0.305 e. The van der Waals surface area contributed by atoms with Crippen LogP contribution < -0.4 is 4.72 Å². The molecule has 1 heterocycles. The van der Waals surface area contributed by atoms with Crippen LogP contribution in [0.3, 0.4) is 0 Å². The van der Waals surface area contributed by atoms with Crippen molar-refractivity contribution in [3.8, 4) is 0 Å². The lowest BCUT2D eigenvalue weighted by atomic mass is 10.2. The Morgan fingerprint density at radius 1 is 1.43 bits per heavy atom. The lowest BCUT2D eigenvalue weighted by Gasteiger charge is -2.34. The van der Waals surface area contributed by atoms with E-state index in [1.807, 2.05) is 0 Å². The molecule has 1 unspecified atom stereocenters. The minimum atomic E-state index is -3.60. The summed E-state index contributed by atoms with van der Waals surface area (Å²) < 4.78 is 31.0. The van der Waals surface area contributed by atoms with Gasteiger partial charge < -0.3 is 14.7 Å². The van der Waals surface area contributed by atoms with Gasteiger partial charge in [0.2, 0.25) is 15.9 Å². The average molecular weight is 368 g/mol. The Hall–Kier alpha value is -0.840. The van der Waals surface area contributed by atoms with Crippen LogP contribution in [0, 0.1) is 0 Å². The van der Waals surface area contributed by atoms with Crippen molar-refractivity contribution in [3.63, 3.8) is 0 Å². The zero-order chi connectivity index (χ0) is 17.5. The highest BCUT2D eigenvalue weighted by Crippen LogP contribution is 2.19. The van der Waals surface area contributed by atoms with Gasteiger partial charge in [-0.15, -0.1) is 0 Å². The number of carbonyl (C=O) groups is 2. The van der Waals surface area contributed by atoms with Crippen LogP contribution in [0.1, 0.15) is 20.3 Å². The molecule has 0 aromatic carbocycles. The van der Waals surface area contributed by atoms with Crippen molar-refractivity contribution in [2.75, 3.05) is 37.0 Å². The second kappa shape index (κ2) is 9.45. The summed E-state index contributed by atoms with van der Waals surface area (Å²) in [5.41, 5.74) is 0. The van der Waals surface area contributed by atoms with E-state index >= 15 is 0 Å². The third-order valence-corrected chi connectivity index (χ3v) is 5.58. The first-order chi connectivity index (χ1) is 10.7. The topological polar surface area (TPSA) is 113 Å². The normalized spacial score (nSPS) is 19.1. The largest absolute Gasteiger partial charge is 0.481 e. The van der Waals surface area contributed by atoms with Crippen LogP contribution in [0.4, 0.5) is 0 Å². The molecule has 0 radical (unpaired) electrons. The molecule has 10 heteroatoms. The number of carboxylic acid groups (broad SMARTS) is 1. The van der Waals surface area contributed by atoms with Gasteiger partial charge in [-0.3, -0.25) is 9.59 Å². The number of carboxylic acids is 1. The number of nitrogens with zero attached hydrogens (tertiary/aromatic N) is 1. The highest BCUT2D eigenvalue weighted by atomic mass is 32.2. The van der Waals surface area contributed by atoms with Crippen LogP contribution in [0.5, 0.6) is 0 Å². The second-order valence-electron chi connectivity index (χ2n) is 5.47. The van der Waals surface area contributed by atoms with Crippen LogP contribution in [-0.4, -0.2) is 79.4 Å². The van der Waals surface area contributed by atoms with Gasteiger partial charge in [0, 0.05) is 18.1 Å². The molecule has 0 bridgehead atoms. The van der Waals surface area contributed by atoms with E-state index < -0.39 is 27.9 Å². The lowest BCUT2D eigenvalue weighted by Crippen LogP contribution is -2.50. The standard InChI is InChI=1S/C13H24N2O6S2/c1-10(2)21-4-6-23(19,20)14-8-12(16)15-3-5-22-9-11(15)7-13(17)18/h10-11,14H,3-9H2,1-2H3,(H,17,18). The zero-order valence-electron chi connectivity index (χ0n) is 13.4. The van der Waals surface area contributed by atoms with Crippen molar-refractivity contribution < 1.29 is 27.9 Å². The predicted molar refractivity (Wildman–Crippen MR) is 88.0 cm³/mol. The van der Waals surface area contributed by atoms with E-state index in [2.05, 4.69) is 4.72 Å². The number of hydrogen-bond acceptors (Lipinski definition) is 6. The Morgan fingerprint density at radius 3 is 2.74 bits per heavy atom. The SMILES string of the molecule is CC(C)OCCS(=O)(=O)NCC(=O)N1CCSCC1CC(=O)O. The number of ether oxygens (including phenoxy) is 1. The molecule has 0 spiro atoms. The molecule has 0 saturated carbocycles. The Kier molecular flexibility index (Phi) is 8.31. The minimum Gasteiger partial charge on any atom is -0.481 e. The summed E-state index contributed by atoms with van der Waals surface area (Å²) in [4.78, 5) is 24.5. The minimum absolute atomic E-state index is 0.0587. The molecule has 1 fully saturated rings. The summed E-state index contributed by atoms with van der Waals surface area (Å²) in [5.74, 6) is -0.317. The zero-order valence-corrected chi connectivity index (χ0v) is 15.0. The molecule has 134 valence electrons. The van der Waals surface area contributed by atoms with Crippen LogP contribution in [0.25, 0.3) is 0 Å². The third-order valence-electron chi connectivity index (χ3n) is 3.20. The lowest BCUT2D eigenvalue weighted by molar-refractivity contribution is -0.140. The van der Waals surface area contributed by atoms with Crippen molar-refractivity contribution >= 4 is 33.7 Å². The summed E-state index contributed by atoms with van der Waals surface area (Å²) in [6.07, 6.45) is -0.192. The van der Waals surface area contributed by atoms with Gasteiger partial charge in [0.25, 0.3) is 0 Å². The fraction of sp³-hybridized carbons (Fsp3) is 0.846.